The molecular formula is C22H22ClN5O3S. The Bertz CT molecular complexity index is 1110. The fourth-order valence-electron chi connectivity index (χ4n) is 3.46. The topological polar surface area (TPSA) is 87.7 Å². The molecule has 166 valence electrons. The molecule has 2 amide bonds. The third-order valence-corrected chi connectivity index (χ3v) is 6.17. The van der Waals surface area contributed by atoms with Gasteiger partial charge in [-0.25, -0.2) is 0 Å². The third-order valence-electron chi connectivity index (χ3n) is 5.04. The van der Waals surface area contributed by atoms with E-state index < -0.39 is 0 Å². The molecular weight excluding hydrogens is 450 g/mol. The monoisotopic (exact) mass is 471 g/mol. The number of aromatic nitrogens is 2. The maximum Gasteiger partial charge on any atom is 0.286 e. The zero-order chi connectivity index (χ0) is 22.5. The molecule has 3 aromatic rings. The van der Waals surface area contributed by atoms with Crippen LogP contribution >= 0.6 is 22.9 Å². The van der Waals surface area contributed by atoms with Crippen molar-refractivity contribution in [1.29, 1.82) is 0 Å². The summed E-state index contributed by atoms with van der Waals surface area (Å²) >= 11 is 7.26. The molecule has 0 bridgehead atoms. The van der Waals surface area contributed by atoms with Gasteiger partial charge < -0.3 is 19.9 Å². The normalized spacial score (nSPS) is 13.8. The fraction of sp³-hybridized carbons (Fsp3) is 0.273. The maximum absolute atomic E-state index is 13.0. The molecule has 0 radical (unpaired) electrons. The molecule has 0 atom stereocenters. The molecule has 1 saturated heterocycles. The third kappa shape index (κ3) is 5.24. The first-order valence-corrected chi connectivity index (χ1v) is 11.3. The molecule has 2 heterocycles. The summed E-state index contributed by atoms with van der Waals surface area (Å²) in [5.74, 6) is -0.435. The minimum absolute atomic E-state index is 0.0647. The average molecular weight is 472 g/mol. The van der Waals surface area contributed by atoms with Gasteiger partial charge in [-0.15, -0.1) is 10.2 Å². The number of nitrogens with zero attached hydrogens (tertiary/aromatic N) is 4. The minimum Gasteiger partial charge on any atom is -0.377 e. The van der Waals surface area contributed by atoms with Crippen LogP contribution in [0, 0.1) is 0 Å². The van der Waals surface area contributed by atoms with Crippen LogP contribution in [-0.4, -0.2) is 60.2 Å². The number of methoxy groups -OCH3 is 1. The number of carbonyl (C=O) groups is 2. The Morgan fingerprint density at radius 2 is 1.88 bits per heavy atom. The summed E-state index contributed by atoms with van der Waals surface area (Å²) in [6.45, 7) is 2.97. The lowest BCUT2D eigenvalue weighted by atomic mass is 10.1. The number of rotatable bonds is 6. The SMILES string of the molecule is COCc1nnc(C(=O)Nc2cccc(C(=O)N3CCN(c4cccc(Cl)c4)CC3)c2)s1. The Balaban J connectivity index is 1.37. The Morgan fingerprint density at radius 1 is 1.09 bits per heavy atom. The molecule has 0 saturated carbocycles. The van der Waals surface area contributed by atoms with Crippen LogP contribution in [0.15, 0.2) is 48.5 Å². The van der Waals surface area contributed by atoms with E-state index in [1.807, 2.05) is 29.2 Å². The van der Waals surface area contributed by atoms with E-state index in [-0.39, 0.29) is 16.8 Å². The Kier molecular flexibility index (Phi) is 6.99. The summed E-state index contributed by atoms with van der Waals surface area (Å²) in [5, 5.41) is 12.2. The Morgan fingerprint density at radius 3 is 2.62 bits per heavy atom. The Hall–Kier alpha value is -3.01. The van der Waals surface area contributed by atoms with Crippen molar-refractivity contribution in [2.24, 2.45) is 0 Å². The molecule has 1 fully saturated rings. The van der Waals surface area contributed by atoms with Crippen molar-refractivity contribution in [3.8, 4) is 0 Å². The number of hydrogen-bond donors (Lipinski definition) is 1. The van der Waals surface area contributed by atoms with Gasteiger partial charge in [-0.05, 0) is 36.4 Å². The van der Waals surface area contributed by atoms with E-state index in [0.717, 1.165) is 18.8 Å². The summed E-state index contributed by atoms with van der Waals surface area (Å²) in [7, 11) is 1.56. The number of benzene rings is 2. The van der Waals surface area contributed by atoms with Gasteiger partial charge in [-0.1, -0.05) is 35.1 Å². The van der Waals surface area contributed by atoms with Crippen LogP contribution in [0.1, 0.15) is 25.2 Å². The highest BCUT2D eigenvalue weighted by atomic mass is 35.5. The van der Waals surface area contributed by atoms with Gasteiger partial charge in [-0.3, -0.25) is 9.59 Å². The van der Waals surface area contributed by atoms with Crippen molar-refractivity contribution in [3.05, 3.63) is 69.1 Å². The number of halogens is 1. The number of ether oxygens (including phenoxy) is 1. The molecule has 2 aromatic carbocycles. The first-order valence-electron chi connectivity index (χ1n) is 10.1. The van der Waals surface area contributed by atoms with E-state index >= 15 is 0 Å². The van der Waals surface area contributed by atoms with Crippen LogP contribution in [0.4, 0.5) is 11.4 Å². The second-order valence-corrected chi connectivity index (χ2v) is 8.73. The highest BCUT2D eigenvalue weighted by molar-refractivity contribution is 7.13. The maximum atomic E-state index is 13.0. The number of carbonyl (C=O) groups excluding carboxylic acids is 2. The summed E-state index contributed by atoms with van der Waals surface area (Å²) in [6.07, 6.45) is 0. The van der Waals surface area contributed by atoms with E-state index in [1.54, 1.807) is 31.4 Å². The molecule has 8 nitrogen and oxygen atoms in total. The fourth-order valence-corrected chi connectivity index (χ4v) is 4.36. The number of anilines is 2. The van der Waals surface area contributed by atoms with Crippen LogP contribution in [0.3, 0.4) is 0 Å². The van der Waals surface area contributed by atoms with Gasteiger partial charge in [0.1, 0.15) is 5.01 Å². The number of hydrogen-bond acceptors (Lipinski definition) is 7. The van der Waals surface area contributed by atoms with Gasteiger partial charge in [0.25, 0.3) is 11.8 Å². The second-order valence-electron chi connectivity index (χ2n) is 7.23. The Labute approximate surface area is 194 Å². The van der Waals surface area contributed by atoms with Gasteiger partial charge in [0.2, 0.25) is 5.01 Å². The van der Waals surface area contributed by atoms with Crippen molar-refractivity contribution in [3.63, 3.8) is 0 Å². The molecule has 0 aliphatic carbocycles. The first-order chi connectivity index (χ1) is 15.5. The first kappa shape index (κ1) is 22.2. The highest BCUT2D eigenvalue weighted by Gasteiger charge is 2.23. The number of piperazine rings is 1. The average Bonchev–Trinajstić information content (AvgIpc) is 3.28. The van der Waals surface area contributed by atoms with Crippen LogP contribution in [0.25, 0.3) is 0 Å². The van der Waals surface area contributed by atoms with E-state index in [9.17, 15) is 9.59 Å². The molecule has 32 heavy (non-hydrogen) atoms. The lowest BCUT2D eigenvalue weighted by Crippen LogP contribution is -2.48. The molecule has 10 heteroatoms. The van der Waals surface area contributed by atoms with Crippen molar-refractivity contribution in [1.82, 2.24) is 15.1 Å². The standard InChI is InChI=1S/C22H22ClN5O3S/c1-31-14-19-25-26-21(32-19)20(29)24-17-6-2-4-15(12-17)22(30)28-10-8-27(9-11-28)18-7-3-5-16(23)13-18/h2-7,12-13H,8-11,14H2,1H3,(H,24,29). The van der Waals surface area contributed by atoms with Crippen molar-refractivity contribution < 1.29 is 14.3 Å². The van der Waals surface area contributed by atoms with Gasteiger partial charge in [0, 0.05) is 55.2 Å². The zero-order valence-corrected chi connectivity index (χ0v) is 19.0. The molecule has 1 aliphatic heterocycles. The van der Waals surface area contributed by atoms with Gasteiger partial charge >= 0.3 is 0 Å². The summed E-state index contributed by atoms with van der Waals surface area (Å²) in [6, 6.07) is 14.6. The molecule has 0 spiro atoms. The molecule has 1 aromatic heterocycles. The molecule has 1 aliphatic rings. The highest BCUT2D eigenvalue weighted by Crippen LogP contribution is 2.22. The van der Waals surface area contributed by atoms with Crippen LogP contribution in [0.2, 0.25) is 5.02 Å². The summed E-state index contributed by atoms with van der Waals surface area (Å²) in [4.78, 5) is 29.5. The van der Waals surface area contributed by atoms with Gasteiger partial charge in [-0.2, -0.15) is 0 Å². The molecule has 1 N–H and O–H groups in total. The van der Waals surface area contributed by atoms with E-state index in [2.05, 4.69) is 20.4 Å². The predicted molar refractivity (Wildman–Crippen MR) is 125 cm³/mol. The summed E-state index contributed by atoms with van der Waals surface area (Å²) < 4.78 is 5.00. The lowest BCUT2D eigenvalue weighted by Gasteiger charge is -2.36. The van der Waals surface area contributed by atoms with E-state index in [4.69, 9.17) is 16.3 Å². The van der Waals surface area contributed by atoms with Crippen LogP contribution in [0.5, 0.6) is 0 Å². The number of amides is 2. The largest absolute Gasteiger partial charge is 0.377 e. The quantitative estimate of drug-likeness (QED) is 0.591. The van der Waals surface area contributed by atoms with E-state index in [1.165, 1.54) is 11.3 Å². The molecule has 4 rings (SSSR count). The van der Waals surface area contributed by atoms with E-state index in [0.29, 0.717) is 41.0 Å². The van der Waals surface area contributed by atoms with Crippen LogP contribution in [-0.2, 0) is 11.3 Å². The lowest BCUT2D eigenvalue weighted by molar-refractivity contribution is 0.0746. The number of nitrogens with one attached hydrogen (secondary N) is 1. The molecule has 0 unspecified atom stereocenters. The smallest absolute Gasteiger partial charge is 0.286 e. The van der Waals surface area contributed by atoms with Gasteiger partial charge in [0.05, 0.1) is 6.61 Å². The summed E-state index contributed by atoms with van der Waals surface area (Å²) in [5.41, 5.74) is 2.11. The second kappa shape index (κ2) is 10.1. The van der Waals surface area contributed by atoms with Crippen molar-refractivity contribution in [2.45, 2.75) is 6.61 Å². The predicted octanol–water partition coefficient (Wildman–Crippen LogP) is 3.55. The van der Waals surface area contributed by atoms with Crippen molar-refractivity contribution >= 4 is 46.1 Å². The minimum atomic E-state index is -0.371. The van der Waals surface area contributed by atoms with Crippen molar-refractivity contribution in [2.75, 3.05) is 43.5 Å². The van der Waals surface area contributed by atoms with Crippen LogP contribution < -0.4 is 10.2 Å². The zero-order valence-electron chi connectivity index (χ0n) is 17.5. The van der Waals surface area contributed by atoms with Gasteiger partial charge in [0.15, 0.2) is 0 Å².